The Balaban J connectivity index is 1.52. The van der Waals surface area contributed by atoms with Gasteiger partial charge in [0.25, 0.3) is 0 Å². The number of hydrogen-bond donors (Lipinski definition) is 0. The predicted molar refractivity (Wildman–Crippen MR) is 119 cm³/mol. The highest BCUT2D eigenvalue weighted by Crippen LogP contribution is 2.34. The lowest BCUT2D eigenvalue weighted by Gasteiger charge is -2.28. The molecule has 158 valence electrons. The molecule has 3 rings (SSSR count). The minimum Gasteiger partial charge on any atom is -0.236 e. The van der Waals surface area contributed by atoms with Crippen molar-refractivity contribution in [2.45, 2.75) is 90.9 Å². The Morgan fingerprint density at radius 3 is 2.17 bits per heavy atom. The van der Waals surface area contributed by atoms with Gasteiger partial charge >= 0.3 is 0 Å². The van der Waals surface area contributed by atoms with Gasteiger partial charge in [-0.1, -0.05) is 77.3 Å². The quantitative estimate of drug-likeness (QED) is 0.387. The van der Waals surface area contributed by atoms with E-state index >= 15 is 0 Å². The van der Waals surface area contributed by atoms with E-state index < -0.39 is 0 Å². The summed E-state index contributed by atoms with van der Waals surface area (Å²) < 4.78 is 14.7. The van der Waals surface area contributed by atoms with E-state index in [4.69, 9.17) is 0 Å². The van der Waals surface area contributed by atoms with E-state index in [0.29, 0.717) is 5.82 Å². The highest BCUT2D eigenvalue weighted by atomic mass is 19.1. The number of hydrogen-bond acceptors (Lipinski definition) is 2. The summed E-state index contributed by atoms with van der Waals surface area (Å²) in [6, 6.07) is 5.52. The molecule has 0 N–H and O–H groups in total. The van der Waals surface area contributed by atoms with Crippen molar-refractivity contribution in [2.24, 2.45) is 11.8 Å². The second kappa shape index (κ2) is 11.4. The summed E-state index contributed by atoms with van der Waals surface area (Å²) >= 11 is 0. The van der Waals surface area contributed by atoms with Crippen LogP contribution in [0.2, 0.25) is 0 Å². The monoisotopic (exact) mass is 396 g/mol. The van der Waals surface area contributed by atoms with Crippen molar-refractivity contribution in [3.8, 4) is 11.4 Å². The number of aryl methyl sites for hydroxylation is 2. The maximum absolute atomic E-state index is 14.7. The summed E-state index contributed by atoms with van der Waals surface area (Å²) in [6.07, 6.45) is 18.4. The highest BCUT2D eigenvalue weighted by Gasteiger charge is 2.20. The van der Waals surface area contributed by atoms with E-state index in [1.807, 2.05) is 24.5 Å². The van der Waals surface area contributed by atoms with Crippen LogP contribution in [0.1, 0.15) is 89.2 Å². The van der Waals surface area contributed by atoms with Gasteiger partial charge in [-0.25, -0.2) is 14.4 Å². The summed E-state index contributed by atoms with van der Waals surface area (Å²) in [4.78, 5) is 8.92. The average molecular weight is 397 g/mol. The summed E-state index contributed by atoms with van der Waals surface area (Å²) in [6.45, 7) is 4.49. The van der Waals surface area contributed by atoms with Crippen LogP contribution in [0, 0.1) is 17.7 Å². The molecule has 0 bridgehead atoms. The van der Waals surface area contributed by atoms with Crippen molar-refractivity contribution < 1.29 is 4.39 Å². The smallest absolute Gasteiger partial charge is 0.159 e. The normalized spacial score (nSPS) is 19.4. The van der Waals surface area contributed by atoms with E-state index in [2.05, 4.69) is 23.8 Å². The molecule has 2 aromatic rings. The Morgan fingerprint density at radius 2 is 1.55 bits per heavy atom. The molecule has 1 aliphatic carbocycles. The lowest BCUT2D eigenvalue weighted by atomic mass is 9.78. The molecule has 0 amide bonds. The number of aromatic nitrogens is 2. The molecule has 1 aliphatic rings. The largest absolute Gasteiger partial charge is 0.236 e. The third-order valence-corrected chi connectivity index (χ3v) is 6.57. The van der Waals surface area contributed by atoms with Gasteiger partial charge in [0, 0.05) is 18.0 Å². The molecule has 29 heavy (non-hydrogen) atoms. The molecule has 1 aromatic carbocycles. The molecular formula is C26H37FN2. The minimum absolute atomic E-state index is 0.113. The van der Waals surface area contributed by atoms with E-state index in [1.165, 1.54) is 57.8 Å². The third kappa shape index (κ3) is 6.62. The van der Waals surface area contributed by atoms with Crippen LogP contribution in [0.3, 0.4) is 0 Å². The van der Waals surface area contributed by atoms with Gasteiger partial charge in [-0.2, -0.15) is 0 Å². The van der Waals surface area contributed by atoms with E-state index in [1.54, 1.807) is 6.07 Å². The Morgan fingerprint density at radius 1 is 0.862 bits per heavy atom. The fraction of sp³-hybridized carbons (Fsp3) is 0.615. The Labute approximate surface area is 176 Å². The van der Waals surface area contributed by atoms with Crippen LogP contribution in [-0.4, -0.2) is 9.97 Å². The molecule has 1 aromatic heterocycles. The minimum atomic E-state index is -0.113. The fourth-order valence-electron chi connectivity index (χ4n) is 4.68. The number of benzene rings is 1. The topological polar surface area (TPSA) is 25.8 Å². The van der Waals surface area contributed by atoms with Crippen LogP contribution in [0.15, 0.2) is 30.6 Å². The molecule has 1 fully saturated rings. The zero-order chi connectivity index (χ0) is 20.5. The van der Waals surface area contributed by atoms with Gasteiger partial charge in [-0.05, 0) is 54.7 Å². The Kier molecular flexibility index (Phi) is 8.64. The number of unbranched alkanes of at least 4 members (excludes halogenated alkanes) is 2. The van der Waals surface area contributed by atoms with Crippen molar-refractivity contribution in [3.05, 3.63) is 47.5 Å². The summed E-state index contributed by atoms with van der Waals surface area (Å²) in [7, 11) is 0. The van der Waals surface area contributed by atoms with Gasteiger partial charge in [0.05, 0.1) is 0 Å². The predicted octanol–water partition coefficient (Wildman–Crippen LogP) is 7.55. The van der Waals surface area contributed by atoms with Gasteiger partial charge in [0.2, 0.25) is 0 Å². The molecule has 0 unspecified atom stereocenters. The van der Waals surface area contributed by atoms with Gasteiger partial charge in [-0.3, -0.25) is 0 Å². The van der Waals surface area contributed by atoms with Crippen molar-refractivity contribution in [1.29, 1.82) is 0 Å². The van der Waals surface area contributed by atoms with Crippen molar-refractivity contribution in [2.75, 3.05) is 0 Å². The van der Waals surface area contributed by atoms with Gasteiger partial charge in [0.1, 0.15) is 5.82 Å². The summed E-state index contributed by atoms with van der Waals surface area (Å²) in [5.41, 5.74) is 2.76. The van der Waals surface area contributed by atoms with Crippen molar-refractivity contribution in [1.82, 2.24) is 9.97 Å². The van der Waals surface area contributed by atoms with Crippen molar-refractivity contribution in [3.63, 3.8) is 0 Å². The summed E-state index contributed by atoms with van der Waals surface area (Å²) in [5.74, 6) is 2.21. The zero-order valence-electron chi connectivity index (χ0n) is 18.3. The first-order valence-electron chi connectivity index (χ1n) is 11.8. The molecule has 0 spiro atoms. The molecular weight excluding hydrogens is 359 g/mol. The third-order valence-electron chi connectivity index (χ3n) is 6.57. The Hall–Kier alpha value is -1.77. The standard InChI is InChI=1S/C26H37FN2/c1-3-5-6-8-22-18-28-26(29-19-22)24-16-15-23(25(27)17-24)14-13-21-11-9-20(7-4-2)10-12-21/h15-21H,3-14H2,1-2H3/t20-,21-. The van der Waals surface area contributed by atoms with E-state index in [-0.39, 0.29) is 5.82 Å². The molecule has 1 heterocycles. The lowest BCUT2D eigenvalue weighted by Crippen LogP contribution is -2.15. The number of halogens is 1. The van der Waals surface area contributed by atoms with E-state index in [0.717, 1.165) is 47.8 Å². The van der Waals surface area contributed by atoms with Crippen LogP contribution in [0.25, 0.3) is 11.4 Å². The first kappa shape index (κ1) is 21.9. The Bertz CT molecular complexity index is 733. The van der Waals surface area contributed by atoms with Crippen LogP contribution >= 0.6 is 0 Å². The van der Waals surface area contributed by atoms with Crippen LogP contribution in [-0.2, 0) is 12.8 Å². The molecule has 1 saturated carbocycles. The molecule has 2 nitrogen and oxygen atoms in total. The summed E-state index contributed by atoms with van der Waals surface area (Å²) in [5, 5.41) is 0. The van der Waals surface area contributed by atoms with Gasteiger partial charge in [0.15, 0.2) is 5.82 Å². The van der Waals surface area contributed by atoms with Crippen LogP contribution < -0.4 is 0 Å². The fourth-order valence-corrected chi connectivity index (χ4v) is 4.68. The van der Waals surface area contributed by atoms with Crippen molar-refractivity contribution >= 4 is 0 Å². The molecule has 0 radical (unpaired) electrons. The first-order chi connectivity index (χ1) is 14.2. The molecule has 0 aliphatic heterocycles. The average Bonchev–Trinajstić information content (AvgIpc) is 2.75. The van der Waals surface area contributed by atoms with Crippen LogP contribution in [0.4, 0.5) is 4.39 Å². The number of nitrogens with zero attached hydrogens (tertiary/aromatic N) is 2. The molecule has 0 atom stereocenters. The van der Waals surface area contributed by atoms with Crippen LogP contribution in [0.5, 0.6) is 0 Å². The highest BCUT2D eigenvalue weighted by molar-refractivity contribution is 5.55. The van der Waals surface area contributed by atoms with Gasteiger partial charge < -0.3 is 0 Å². The first-order valence-corrected chi connectivity index (χ1v) is 11.8. The second-order valence-corrected chi connectivity index (χ2v) is 8.89. The molecule has 0 saturated heterocycles. The second-order valence-electron chi connectivity index (χ2n) is 8.89. The molecule has 3 heteroatoms. The maximum atomic E-state index is 14.7. The van der Waals surface area contributed by atoms with E-state index in [9.17, 15) is 4.39 Å². The lowest BCUT2D eigenvalue weighted by molar-refractivity contribution is 0.252. The zero-order valence-corrected chi connectivity index (χ0v) is 18.3. The van der Waals surface area contributed by atoms with Gasteiger partial charge in [-0.15, -0.1) is 0 Å². The number of rotatable bonds is 10. The SMILES string of the molecule is CCCCCc1cnc(-c2ccc(CC[C@H]3CC[C@H](CCC)CC3)c(F)c2)nc1. The maximum Gasteiger partial charge on any atom is 0.159 e.